The molecule has 5 heteroatoms. The lowest BCUT2D eigenvalue weighted by Gasteiger charge is -2.23. The molecule has 0 saturated carbocycles. The summed E-state index contributed by atoms with van der Waals surface area (Å²) in [5, 5.41) is 6.31. The van der Waals surface area contributed by atoms with E-state index < -0.39 is 0 Å². The molecular weight excluding hydrogens is 268 g/mol. The van der Waals surface area contributed by atoms with Crippen LogP contribution in [0.3, 0.4) is 0 Å². The molecule has 0 aromatic carbocycles. The van der Waals surface area contributed by atoms with Crippen molar-refractivity contribution >= 4 is 5.91 Å². The molecule has 21 heavy (non-hydrogen) atoms. The first-order valence-electron chi connectivity index (χ1n) is 7.88. The summed E-state index contributed by atoms with van der Waals surface area (Å²) in [5.41, 5.74) is 0. The molecule has 2 heterocycles. The highest BCUT2D eigenvalue weighted by Crippen LogP contribution is 2.08. The van der Waals surface area contributed by atoms with Crippen LogP contribution in [0.1, 0.15) is 38.4 Å². The van der Waals surface area contributed by atoms with Crippen LogP contribution in [0, 0.1) is 0 Å². The molecule has 0 bridgehead atoms. The normalized spacial score (nSPS) is 17.6. The quantitative estimate of drug-likeness (QED) is 0.768. The Labute approximate surface area is 126 Å². The minimum Gasteiger partial charge on any atom is -0.469 e. The van der Waals surface area contributed by atoms with E-state index in [-0.39, 0.29) is 11.9 Å². The SMILES string of the molecule is CC(CCc1ccco1)NC(=O)CCOC1CCNCC1. The Morgan fingerprint density at radius 3 is 3.05 bits per heavy atom. The molecule has 2 N–H and O–H groups in total. The Balaban J connectivity index is 1.53. The van der Waals surface area contributed by atoms with Gasteiger partial charge in [0.15, 0.2) is 0 Å². The molecule has 1 unspecified atom stereocenters. The van der Waals surface area contributed by atoms with Gasteiger partial charge in [-0.1, -0.05) is 0 Å². The number of carbonyl (C=O) groups is 1. The maximum absolute atomic E-state index is 11.8. The van der Waals surface area contributed by atoms with E-state index >= 15 is 0 Å². The number of rotatable bonds is 8. The number of amides is 1. The molecule has 1 aromatic rings. The van der Waals surface area contributed by atoms with Gasteiger partial charge in [-0.05, 0) is 51.4 Å². The summed E-state index contributed by atoms with van der Waals surface area (Å²) in [7, 11) is 0. The second-order valence-electron chi connectivity index (χ2n) is 5.66. The first kappa shape index (κ1) is 16.0. The number of hydrogen-bond acceptors (Lipinski definition) is 4. The van der Waals surface area contributed by atoms with E-state index in [1.54, 1.807) is 6.26 Å². The third-order valence-corrected chi connectivity index (χ3v) is 3.78. The lowest BCUT2D eigenvalue weighted by Crippen LogP contribution is -2.35. The summed E-state index contributed by atoms with van der Waals surface area (Å²) in [6, 6.07) is 4.00. The molecular formula is C16H26N2O3. The second kappa shape index (κ2) is 8.85. The topological polar surface area (TPSA) is 63.5 Å². The molecule has 5 nitrogen and oxygen atoms in total. The molecule has 118 valence electrons. The predicted octanol–water partition coefficient (Wildman–Crippen LogP) is 1.88. The lowest BCUT2D eigenvalue weighted by atomic mass is 10.1. The summed E-state index contributed by atoms with van der Waals surface area (Å²) in [6.07, 6.45) is 6.25. The van der Waals surface area contributed by atoms with E-state index in [2.05, 4.69) is 10.6 Å². The first-order valence-corrected chi connectivity index (χ1v) is 7.88. The van der Waals surface area contributed by atoms with Crippen molar-refractivity contribution in [1.82, 2.24) is 10.6 Å². The Hall–Kier alpha value is -1.33. The van der Waals surface area contributed by atoms with E-state index in [1.807, 2.05) is 19.1 Å². The fourth-order valence-corrected chi connectivity index (χ4v) is 2.51. The largest absolute Gasteiger partial charge is 0.469 e. The highest BCUT2D eigenvalue weighted by molar-refractivity contribution is 5.76. The molecule has 2 rings (SSSR count). The van der Waals surface area contributed by atoms with E-state index in [0.717, 1.165) is 44.5 Å². The van der Waals surface area contributed by atoms with Crippen molar-refractivity contribution < 1.29 is 13.9 Å². The van der Waals surface area contributed by atoms with Crippen LogP contribution in [0.25, 0.3) is 0 Å². The highest BCUT2D eigenvalue weighted by Gasteiger charge is 2.14. The second-order valence-corrected chi connectivity index (χ2v) is 5.66. The lowest BCUT2D eigenvalue weighted by molar-refractivity contribution is -0.123. The molecule has 0 aliphatic carbocycles. The van der Waals surface area contributed by atoms with E-state index in [4.69, 9.17) is 9.15 Å². The number of furan rings is 1. The van der Waals surface area contributed by atoms with E-state index in [9.17, 15) is 4.79 Å². The van der Waals surface area contributed by atoms with Crippen LogP contribution in [0.5, 0.6) is 0 Å². The Morgan fingerprint density at radius 1 is 1.52 bits per heavy atom. The van der Waals surface area contributed by atoms with Gasteiger partial charge < -0.3 is 19.8 Å². The van der Waals surface area contributed by atoms with Crippen LogP contribution in [-0.4, -0.2) is 37.7 Å². The molecule has 0 spiro atoms. The number of aryl methyl sites for hydroxylation is 1. The van der Waals surface area contributed by atoms with Crippen molar-refractivity contribution in [2.45, 2.75) is 51.2 Å². The Kier molecular flexibility index (Phi) is 6.76. The molecule has 1 amide bonds. The van der Waals surface area contributed by atoms with Crippen molar-refractivity contribution in [2.75, 3.05) is 19.7 Å². The predicted molar refractivity (Wildman–Crippen MR) is 81.1 cm³/mol. The van der Waals surface area contributed by atoms with Gasteiger partial charge in [0.25, 0.3) is 0 Å². The first-order chi connectivity index (χ1) is 10.2. The molecule has 1 aromatic heterocycles. The summed E-state index contributed by atoms with van der Waals surface area (Å²) in [6.45, 7) is 4.57. The van der Waals surface area contributed by atoms with Crippen molar-refractivity contribution in [1.29, 1.82) is 0 Å². The zero-order valence-corrected chi connectivity index (χ0v) is 12.8. The van der Waals surface area contributed by atoms with Gasteiger partial charge in [-0.25, -0.2) is 0 Å². The van der Waals surface area contributed by atoms with Crippen molar-refractivity contribution in [3.05, 3.63) is 24.2 Å². The average Bonchev–Trinajstić information content (AvgIpc) is 2.99. The number of nitrogens with one attached hydrogen (secondary N) is 2. The zero-order chi connectivity index (χ0) is 14.9. The molecule has 1 fully saturated rings. The standard InChI is InChI=1S/C16H26N2O3/c1-13(4-5-14-3-2-11-20-14)18-16(19)8-12-21-15-6-9-17-10-7-15/h2-3,11,13,15,17H,4-10,12H2,1H3,(H,18,19). The molecule has 1 atom stereocenters. The monoisotopic (exact) mass is 294 g/mol. The number of piperidine rings is 1. The third kappa shape index (κ3) is 6.31. The van der Waals surface area contributed by atoms with Crippen molar-refractivity contribution in [2.24, 2.45) is 0 Å². The molecule has 1 saturated heterocycles. The minimum absolute atomic E-state index is 0.0656. The average molecular weight is 294 g/mol. The van der Waals surface area contributed by atoms with Gasteiger partial charge in [0, 0.05) is 18.9 Å². The summed E-state index contributed by atoms with van der Waals surface area (Å²) < 4.78 is 11.0. The molecule has 1 aliphatic heterocycles. The summed E-state index contributed by atoms with van der Waals surface area (Å²) in [4.78, 5) is 11.8. The van der Waals surface area contributed by atoms with Crippen LogP contribution in [0.4, 0.5) is 0 Å². The highest BCUT2D eigenvalue weighted by atomic mass is 16.5. The van der Waals surface area contributed by atoms with Gasteiger partial charge in [-0.2, -0.15) is 0 Å². The Morgan fingerprint density at radius 2 is 2.33 bits per heavy atom. The van der Waals surface area contributed by atoms with Gasteiger partial charge in [0.2, 0.25) is 5.91 Å². The van der Waals surface area contributed by atoms with Gasteiger partial charge in [0.1, 0.15) is 5.76 Å². The van der Waals surface area contributed by atoms with Crippen LogP contribution in [0.15, 0.2) is 22.8 Å². The number of hydrogen-bond donors (Lipinski definition) is 2. The fourth-order valence-electron chi connectivity index (χ4n) is 2.51. The smallest absolute Gasteiger partial charge is 0.222 e. The van der Waals surface area contributed by atoms with Crippen molar-refractivity contribution in [3.8, 4) is 0 Å². The van der Waals surface area contributed by atoms with Crippen LogP contribution < -0.4 is 10.6 Å². The van der Waals surface area contributed by atoms with E-state index in [0.29, 0.717) is 19.1 Å². The summed E-state index contributed by atoms with van der Waals surface area (Å²) >= 11 is 0. The third-order valence-electron chi connectivity index (χ3n) is 3.78. The van der Waals surface area contributed by atoms with Crippen LogP contribution in [-0.2, 0) is 16.0 Å². The van der Waals surface area contributed by atoms with Gasteiger partial charge in [0.05, 0.1) is 19.0 Å². The number of carbonyl (C=O) groups excluding carboxylic acids is 1. The minimum atomic E-state index is 0.0656. The van der Waals surface area contributed by atoms with Gasteiger partial charge in [-0.15, -0.1) is 0 Å². The molecule has 0 radical (unpaired) electrons. The zero-order valence-electron chi connectivity index (χ0n) is 12.8. The fraction of sp³-hybridized carbons (Fsp3) is 0.688. The molecule has 1 aliphatic rings. The number of ether oxygens (including phenoxy) is 1. The van der Waals surface area contributed by atoms with E-state index in [1.165, 1.54) is 0 Å². The summed E-state index contributed by atoms with van der Waals surface area (Å²) in [5.74, 6) is 1.03. The van der Waals surface area contributed by atoms with Crippen molar-refractivity contribution in [3.63, 3.8) is 0 Å². The van der Waals surface area contributed by atoms with Crippen LogP contribution >= 0.6 is 0 Å². The maximum Gasteiger partial charge on any atom is 0.222 e. The van der Waals surface area contributed by atoms with Gasteiger partial charge in [-0.3, -0.25) is 4.79 Å². The maximum atomic E-state index is 11.8. The Bertz CT molecular complexity index is 400. The van der Waals surface area contributed by atoms with Gasteiger partial charge >= 0.3 is 0 Å². The van der Waals surface area contributed by atoms with Crippen LogP contribution in [0.2, 0.25) is 0 Å².